The Bertz CT molecular complexity index is 66.7. The molecule has 0 fully saturated rings. The van der Waals surface area contributed by atoms with Crippen LogP contribution < -0.4 is 0 Å². The third-order valence-electron chi connectivity index (χ3n) is 0.841. The Labute approximate surface area is 44.7 Å². The minimum absolute atomic E-state index is 0.0139. The molecule has 0 amide bonds. The second-order valence-corrected chi connectivity index (χ2v) is 1.30. The summed E-state index contributed by atoms with van der Waals surface area (Å²) in [5.74, 6) is 2.48. The zero-order valence-corrected chi connectivity index (χ0v) is 4.77. The Hall–Kier alpha value is -0.480. The highest BCUT2D eigenvalue weighted by Crippen LogP contribution is 1.90. The van der Waals surface area contributed by atoms with Crippen molar-refractivity contribution in [2.24, 2.45) is 0 Å². The van der Waals surface area contributed by atoms with E-state index < -0.39 is 0 Å². The van der Waals surface area contributed by atoms with Crippen molar-refractivity contribution in [1.29, 1.82) is 0 Å². The lowest BCUT2D eigenvalue weighted by Gasteiger charge is -2.00. The second-order valence-electron chi connectivity index (χ2n) is 1.30. The fourth-order valence-corrected chi connectivity index (χ4v) is 0.353. The molecule has 0 bridgehead atoms. The molecular formula is C6H10O. The minimum atomic E-state index is 0.0139. The van der Waals surface area contributed by atoms with E-state index in [0.717, 1.165) is 6.42 Å². The fraction of sp³-hybridized carbons (Fsp3) is 0.667. The molecule has 0 N–H and O–H groups in total. The van der Waals surface area contributed by atoms with Gasteiger partial charge in [0.15, 0.2) is 0 Å². The van der Waals surface area contributed by atoms with Gasteiger partial charge in [-0.15, -0.1) is 6.42 Å². The first-order valence-corrected chi connectivity index (χ1v) is 2.34. The number of ether oxygens (including phenoxy) is 1. The Balaban J connectivity index is 3.23. The lowest BCUT2D eigenvalue weighted by Crippen LogP contribution is -2.03. The van der Waals surface area contributed by atoms with Gasteiger partial charge in [0.2, 0.25) is 0 Å². The highest BCUT2D eigenvalue weighted by molar-refractivity contribution is 4.93. The lowest BCUT2D eigenvalue weighted by molar-refractivity contribution is 0.145. The van der Waals surface area contributed by atoms with Gasteiger partial charge in [-0.25, -0.2) is 0 Å². The van der Waals surface area contributed by atoms with Gasteiger partial charge in [0, 0.05) is 7.11 Å². The Morgan fingerprint density at radius 2 is 2.43 bits per heavy atom. The van der Waals surface area contributed by atoms with Crippen LogP contribution in [0.2, 0.25) is 0 Å². The summed E-state index contributed by atoms with van der Waals surface area (Å²) in [6.45, 7) is 1.99. The molecule has 40 valence electrons. The molecule has 0 rings (SSSR count). The van der Waals surface area contributed by atoms with Gasteiger partial charge in [-0.05, 0) is 6.42 Å². The Morgan fingerprint density at radius 3 is 2.43 bits per heavy atom. The van der Waals surface area contributed by atoms with Crippen molar-refractivity contribution in [2.45, 2.75) is 19.4 Å². The first-order chi connectivity index (χ1) is 3.35. The molecule has 0 saturated heterocycles. The maximum Gasteiger partial charge on any atom is 0.117 e. The smallest absolute Gasteiger partial charge is 0.117 e. The molecule has 0 aliphatic carbocycles. The molecule has 0 heterocycles. The number of hydrogen-bond acceptors (Lipinski definition) is 1. The highest BCUT2D eigenvalue weighted by Gasteiger charge is 1.93. The molecule has 1 unspecified atom stereocenters. The van der Waals surface area contributed by atoms with Crippen LogP contribution >= 0.6 is 0 Å². The van der Waals surface area contributed by atoms with Gasteiger partial charge in [0.05, 0.1) is 0 Å². The van der Waals surface area contributed by atoms with E-state index in [2.05, 4.69) is 5.92 Å². The molecule has 7 heavy (non-hydrogen) atoms. The summed E-state index contributed by atoms with van der Waals surface area (Å²) in [6, 6.07) is 0. The van der Waals surface area contributed by atoms with E-state index >= 15 is 0 Å². The van der Waals surface area contributed by atoms with Gasteiger partial charge >= 0.3 is 0 Å². The van der Waals surface area contributed by atoms with Gasteiger partial charge in [0.1, 0.15) is 6.10 Å². The highest BCUT2D eigenvalue weighted by atomic mass is 16.5. The van der Waals surface area contributed by atoms with Crippen molar-refractivity contribution in [3.05, 3.63) is 0 Å². The van der Waals surface area contributed by atoms with E-state index in [9.17, 15) is 0 Å². The minimum Gasteiger partial charge on any atom is -0.369 e. The number of hydrogen-bond donors (Lipinski definition) is 0. The molecule has 0 saturated carbocycles. The van der Waals surface area contributed by atoms with E-state index in [4.69, 9.17) is 11.2 Å². The average Bonchev–Trinajstić information content (AvgIpc) is 1.72. The molecule has 0 aliphatic heterocycles. The Morgan fingerprint density at radius 1 is 1.86 bits per heavy atom. The molecule has 1 nitrogen and oxygen atoms in total. The van der Waals surface area contributed by atoms with Crippen molar-refractivity contribution in [1.82, 2.24) is 0 Å². The third kappa shape index (κ3) is 2.24. The van der Waals surface area contributed by atoms with Crippen molar-refractivity contribution in [3.8, 4) is 12.3 Å². The molecule has 0 aromatic rings. The van der Waals surface area contributed by atoms with Crippen LogP contribution in [-0.4, -0.2) is 13.2 Å². The summed E-state index contributed by atoms with van der Waals surface area (Å²) in [5.41, 5.74) is 0. The average molecular weight is 98.1 g/mol. The molecule has 0 spiro atoms. The fourth-order valence-electron chi connectivity index (χ4n) is 0.353. The molecule has 1 atom stereocenters. The van der Waals surface area contributed by atoms with Gasteiger partial charge in [-0.2, -0.15) is 0 Å². The van der Waals surface area contributed by atoms with Crippen molar-refractivity contribution in [3.63, 3.8) is 0 Å². The summed E-state index contributed by atoms with van der Waals surface area (Å²) in [7, 11) is 1.62. The number of terminal acetylenes is 1. The van der Waals surface area contributed by atoms with Crippen molar-refractivity contribution < 1.29 is 4.74 Å². The first-order valence-electron chi connectivity index (χ1n) is 2.34. The van der Waals surface area contributed by atoms with Crippen LogP contribution in [0.15, 0.2) is 0 Å². The normalized spacial score (nSPS) is 12.7. The molecule has 1 heteroatoms. The van der Waals surface area contributed by atoms with Gasteiger partial charge < -0.3 is 4.74 Å². The summed E-state index contributed by atoms with van der Waals surface area (Å²) in [4.78, 5) is 0. The van der Waals surface area contributed by atoms with Gasteiger partial charge in [0.25, 0.3) is 0 Å². The SMILES string of the molecule is C#CC(CC)OC. The van der Waals surface area contributed by atoms with Crippen molar-refractivity contribution in [2.75, 3.05) is 7.11 Å². The predicted molar refractivity (Wildman–Crippen MR) is 29.9 cm³/mol. The van der Waals surface area contributed by atoms with E-state index in [-0.39, 0.29) is 6.10 Å². The van der Waals surface area contributed by atoms with Crippen LogP contribution in [0.25, 0.3) is 0 Å². The van der Waals surface area contributed by atoms with Gasteiger partial charge in [-0.3, -0.25) is 0 Å². The first kappa shape index (κ1) is 6.52. The van der Waals surface area contributed by atoms with Crippen LogP contribution in [0.3, 0.4) is 0 Å². The predicted octanol–water partition coefficient (Wildman–Crippen LogP) is 1.04. The second kappa shape index (κ2) is 3.70. The quantitative estimate of drug-likeness (QED) is 0.469. The van der Waals surface area contributed by atoms with E-state index in [0.29, 0.717) is 0 Å². The third-order valence-corrected chi connectivity index (χ3v) is 0.841. The van der Waals surface area contributed by atoms with Crippen LogP contribution in [-0.2, 0) is 4.74 Å². The molecule has 0 aromatic heterocycles. The zero-order chi connectivity index (χ0) is 5.70. The molecule has 0 aromatic carbocycles. The lowest BCUT2D eigenvalue weighted by atomic mass is 10.3. The standard InChI is InChI=1S/C6H10O/c1-4-6(5-2)7-3/h1,6H,5H2,2-3H3. The van der Waals surface area contributed by atoms with Gasteiger partial charge in [-0.1, -0.05) is 12.8 Å². The largest absolute Gasteiger partial charge is 0.369 e. The van der Waals surface area contributed by atoms with E-state index in [1.807, 2.05) is 6.92 Å². The zero-order valence-electron chi connectivity index (χ0n) is 4.77. The summed E-state index contributed by atoms with van der Waals surface area (Å²) < 4.78 is 4.81. The van der Waals surface area contributed by atoms with Crippen LogP contribution in [0.4, 0.5) is 0 Å². The van der Waals surface area contributed by atoms with Crippen LogP contribution in [0, 0.1) is 12.3 Å². The van der Waals surface area contributed by atoms with Crippen LogP contribution in [0.5, 0.6) is 0 Å². The number of rotatable bonds is 2. The summed E-state index contributed by atoms with van der Waals surface area (Å²) >= 11 is 0. The van der Waals surface area contributed by atoms with E-state index in [1.165, 1.54) is 0 Å². The monoisotopic (exact) mass is 98.1 g/mol. The van der Waals surface area contributed by atoms with E-state index in [1.54, 1.807) is 7.11 Å². The maximum atomic E-state index is 5.02. The van der Waals surface area contributed by atoms with Crippen LogP contribution in [0.1, 0.15) is 13.3 Å². The molecule has 0 aliphatic rings. The maximum absolute atomic E-state index is 5.02. The number of methoxy groups -OCH3 is 1. The summed E-state index contributed by atoms with van der Waals surface area (Å²) in [5, 5.41) is 0. The molecular weight excluding hydrogens is 88.1 g/mol. The summed E-state index contributed by atoms with van der Waals surface area (Å²) in [6.07, 6.45) is 5.93. The topological polar surface area (TPSA) is 9.23 Å². The molecule has 0 radical (unpaired) electrons. The van der Waals surface area contributed by atoms with Crippen molar-refractivity contribution >= 4 is 0 Å². The Kier molecular flexibility index (Phi) is 3.45.